The lowest BCUT2D eigenvalue weighted by molar-refractivity contribution is -0.152. The molecule has 1 aliphatic rings. The third-order valence-corrected chi connectivity index (χ3v) is 4.47. The predicted molar refractivity (Wildman–Crippen MR) is 104 cm³/mol. The fourth-order valence-corrected chi connectivity index (χ4v) is 2.98. The number of ether oxygens (including phenoxy) is 1. The van der Waals surface area contributed by atoms with Crippen LogP contribution < -0.4 is 5.32 Å². The summed E-state index contributed by atoms with van der Waals surface area (Å²) >= 11 is 0. The van der Waals surface area contributed by atoms with Crippen LogP contribution in [0.1, 0.15) is 18.6 Å². The molecule has 0 spiro atoms. The van der Waals surface area contributed by atoms with E-state index < -0.39 is 11.8 Å². The topological polar surface area (TPSA) is 110 Å². The van der Waals surface area contributed by atoms with Gasteiger partial charge in [0, 0.05) is 20.6 Å². The summed E-state index contributed by atoms with van der Waals surface area (Å²) in [6, 6.07) is 9.57. The summed E-state index contributed by atoms with van der Waals surface area (Å²) < 4.78 is 7.22. The van der Waals surface area contributed by atoms with Gasteiger partial charge in [-0.25, -0.2) is 9.67 Å². The van der Waals surface area contributed by atoms with Crippen molar-refractivity contribution in [1.29, 1.82) is 0 Å². The number of hydrogen-bond acceptors (Lipinski definition) is 6. The Kier molecular flexibility index (Phi) is 6.23. The van der Waals surface area contributed by atoms with Crippen molar-refractivity contribution in [3.05, 3.63) is 42.2 Å². The van der Waals surface area contributed by atoms with Crippen LogP contribution in [-0.2, 0) is 25.7 Å². The largest absolute Gasteiger partial charge is 0.367 e. The molecule has 2 heterocycles. The van der Waals surface area contributed by atoms with Crippen LogP contribution >= 0.6 is 0 Å². The maximum atomic E-state index is 12.6. The smallest absolute Gasteiger partial charge is 0.316 e. The van der Waals surface area contributed by atoms with E-state index >= 15 is 0 Å². The van der Waals surface area contributed by atoms with E-state index in [4.69, 9.17) is 4.74 Å². The van der Waals surface area contributed by atoms with E-state index in [2.05, 4.69) is 15.4 Å². The van der Waals surface area contributed by atoms with E-state index in [0.29, 0.717) is 6.54 Å². The number of rotatable bonds is 4. The van der Waals surface area contributed by atoms with E-state index in [9.17, 15) is 14.4 Å². The highest BCUT2D eigenvalue weighted by molar-refractivity contribution is 6.39. The first-order chi connectivity index (χ1) is 13.8. The number of morpholine rings is 1. The molecular formula is C19H24N6O4. The third-order valence-electron chi connectivity index (χ3n) is 4.47. The monoisotopic (exact) mass is 400 g/mol. The minimum Gasteiger partial charge on any atom is -0.367 e. The van der Waals surface area contributed by atoms with Gasteiger partial charge in [0.25, 0.3) is 0 Å². The summed E-state index contributed by atoms with van der Waals surface area (Å²) in [5, 5.41) is 6.40. The van der Waals surface area contributed by atoms with Gasteiger partial charge >= 0.3 is 11.8 Å². The van der Waals surface area contributed by atoms with E-state index in [1.54, 1.807) is 14.1 Å². The van der Waals surface area contributed by atoms with Gasteiger partial charge in [0.2, 0.25) is 11.9 Å². The van der Waals surface area contributed by atoms with Crippen LogP contribution in [0.2, 0.25) is 0 Å². The highest BCUT2D eigenvalue weighted by Gasteiger charge is 2.32. The van der Waals surface area contributed by atoms with Crippen molar-refractivity contribution in [3.8, 4) is 0 Å². The maximum absolute atomic E-state index is 12.6. The van der Waals surface area contributed by atoms with Crippen molar-refractivity contribution in [2.45, 2.75) is 25.7 Å². The van der Waals surface area contributed by atoms with Gasteiger partial charge in [-0.2, -0.15) is 0 Å². The molecule has 1 aliphatic heterocycles. The minimum atomic E-state index is -0.831. The second kappa shape index (κ2) is 8.82. The number of amides is 3. The molecule has 1 fully saturated rings. The maximum Gasteiger partial charge on any atom is 0.316 e. The first-order valence-electron chi connectivity index (χ1n) is 9.23. The first kappa shape index (κ1) is 20.5. The van der Waals surface area contributed by atoms with Crippen molar-refractivity contribution in [1.82, 2.24) is 24.6 Å². The zero-order valence-electron chi connectivity index (χ0n) is 16.6. The molecule has 0 radical (unpaired) electrons. The van der Waals surface area contributed by atoms with Gasteiger partial charge in [-0.3, -0.25) is 19.7 Å². The van der Waals surface area contributed by atoms with Crippen LogP contribution in [0.25, 0.3) is 0 Å². The van der Waals surface area contributed by atoms with E-state index in [0.717, 1.165) is 5.56 Å². The summed E-state index contributed by atoms with van der Waals surface area (Å²) in [6.07, 6.45) is 0.815. The number of nitrogens with one attached hydrogen (secondary N) is 1. The molecule has 0 bridgehead atoms. The second-order valence-electron chi connectivity index (χ2n) is 7.06. The van der Waals surface area contributed by atoms with E-state index in [1.807, 2.05) is 37.3 Å². The lowest BCUT2D eigenvalue weighted by Crippen LogP contribution is -2.49. The number of aromatic nitrogens is 3. The summed E-state index contributed by atoms with van der Waals surface area (Å²) in [4.78, 5) is 43.6. The van der Waals surface area contributed by atoms with Gasteiger partial charge in [-0.1, -0.05) is 30.3 Å². The van der Waals surface area contributed by atoms with Crippen molar-refractivity contribution >= 4 is 23.7 Å². The summed E-state index contributed by atoms with van der Waals surface area (Å²) in [5.41, 5.74) is 0.947. The lowest BCUT2D eigenvalue weighted by atomic mass is 10.1. The lowest BCUT2D eigenvalue weighted by Gasteiger charge is -2.36. The van der Waals surface area contributed by atoms with Gasteiger partial charge in [-0.15, -0.1) is 5.10 Å². The zero-order chi connectivity index (χ0) is 21.0. The zero-order valence-corrected chi connectivity index (χ0v) is 16.6. The molecule has 1 saturated heterocycles. The highest BCUT2D eigenvalue weighted by atomic mass is 16.5. The fraction of sp³-hybridized carbons (Fsp3) is 0.421. The van der Waals surface area contributed by atoms with Crippen molar-refractivity contribution in [2.24, 2.45) is 0 Å². The standard InChI is InChI=1S/C19H24N6O4/c1-13-9-24(10-15(29-13)14-7-5-4-6-8-14)18(28)17(27)21-19-20-12-25(22-19)11-16(26)23(2)3/h4-8,12-13,15H,9-11H2,1-3H3,(H,21,22,27)/t13-,15-/m1/s1. The van der Waals surface area contributed by atoms with Gasteiger partial charge in [0.05, 0.1) is 12.6 Å². The number of likely N-dealkylation sites (N-methyl/N-ethyl adjacent to an activating group) is 1. The minimum absolute atomic E-state index is 0.0104. The van der Waals surface area contributed by atoms with Crippen LogP contribution in [0.4, 0.5) is 5.95 Å². The fourth-order valence-electron chi connectivity index (χ4n) is 2.98. The van der Waals surface area contributed by atoms with Gasteiger partial charge in [-0.05, 0) is 12.5 Å². The average Bonchev–Trinajstić information content (AvgIpc) is 3.14. The third kappa shape index (κ3) is 5.17. The number of carbonyl (C=O) groups excluding carboxylic acids is 3. The Balaban J connectivity index is 1.61. The van der Waals surface area contributed by atoms with Crippen LogP contribution in [-0.4, -0.2) is 75.6 Å². The molecule has 2 atom stereocenters. The Hall–Kier alpha value is -3.27. The van der Waals surface area contributed by atoms with Crippen LogP contribution in [0, 0.1) is 0 Å². The number of hydrogen-bond donors (Lipinski definition) is 1. The van der Waals surface area contributed by atoms with Crippen LogP contribution in [0.3, 0.4) is 0 Å². The first-order valence-corrected chi connectivity index (χ1v) is 9.23. The van der Waals surface area contributed by atoms with Crippen LogP contribution in [0.5, 0.6) is 0 Å². The van der Waals surface area contributed by atoms with Crippen molar-refractivity contribution in [2.75, 3.05) is 32.5 Å². The quantitative estimate of drug-likeness (QED) is 0.739. The highest BCUT2D eigenvalue weighted by Crippen LogP contribution is 2.25. The van der Waals surface area contributed by atoms with E-state index in [-0.39, 0.29) is 37.2 Å². The molecule has 154 valence electrons. The summed E-state index contributed by atoms with van der Waals surface area (Å²) in [7, 11) is 3.26. The molecular weight excluding hydrogens is 376 g/mol. The molecule has 3 rings (SSSR count). The Morgan fingerprint density at radius 1 is 1.21 bits per heavy atom. The molecule has 1 N–H and O–H groups in total. The number of nitrogens with zero attached hydrogens (tertiary/aromatic N) is 5. The van der Waals surface area contributed by atoms with Crippen LogP contribution in [0.15, 0.2) is 36.7 Å². The molecule has 0 unspecified atom stereocenters. The summed E-state index contributed by atoms with van der Waals surface area (Å²) in [6.45, 7) is 2.44. The average molecular weight is 400 g/mol. The van der Waals surface area contributed by atoms with E-state index in [1.165, 1.54) is 20.8 Å². The molecule has 1 aromatic carbocycles. The molecule has 1 aromatic heterocycles. The molecule has 29 heavy (non-hydrogen) atoms. The molecule has 3 amide bonds. The molecule has 10 heteroatoms. The Bertz CT molecular complexity index is 882. The molecule has 0 aliphatic carbocycles. The predicted octanol–water partition coefficient (Wildman–Crippen LogP) is 0.293. The van der Waals surface area contributed by atoms with Crippen molar-refractivity contribution < 1.29 is 19.1 Å². The number of benzene rings is 1. The van der Waals surface area contributed by atoms with Gasteiger partial charge in [0.15, 0.2) is 0 Å². The Morgan fingerprint density at radius 3 is 2.62 bits per heavy atom. The molecule has 10 nitrogen and oxygen atoms in total. The normalized spacial score (nSPS) is 18.9. The number of carbonyl (C=O) groups is 3. The van der Waals surface area contributed by atoms with Gasteiger partial charge in [0.1, 0.15) is 19.0 Å². The van der Waals surface area contributed by atoms with Gasteiger partial charge < -0.3 is 14.5 Å². The Labute approximate surface area is 168 Å². The molecule has 2 aromatic rings. The Morgan fingerprint density at radius 2 is 1.93 bits per heavy atom. The second-order valence-corrected chi connectivity index (χ2v) is 7.06. The SMILES string of the molecule is C[C@@H]1CN(C(=O)C(=O)Nc2ncn(CC(=O)N(C)C)n2)C[C@H](c2ccccc2)O1. The summed E-state index contributed by atoms with van der Waals surface area (Å²) in [5.74, 6) is -1.71. The number of anilines is 1. The van der Waals surface area contributed by atoms with Crippen molar-refractivity contribution in [3.63, 3.8) is 0 Å². The molecule has 0 saturated carbocycles.